The SMILES string of the molecule is CCN1C(=O)/C(=C/c2ccc(O)cc2O)S/C1=N/S(=O)(=O)c1ccccc1. The maximum atomic E-state index is 12.6. The van der Waals surface area contributed by atoms with Crippen molar-refractivity contribution in [3.8, 4) is 11.5 Å². The fourth-order valence-corrected chi connectivity index (χ4v) is 4.65. The molecule has 9 heteroatoms. The highest BCUT2D eigenvalue weighted by molar-refractivity contribution is 8.19. The number of hydrogen-bond donors (Lipinski definition) is 2. The molecule has 1 saturated heterocycles. The lowest BCUT2D eigenvalue weighted by Gasteiger charge is -2.11. The number of rotatable bonds is 4. The van der Waals surface area contributed by atoms with Crippen molar-refractivity contribution in [2.75, 3.05) is 6.54 Å². The van der Waals surface area contributed by atoms with Crippen LogP contribution in [0.1, 0.15) is 12.5 Å². The first-order chi connectivity index (χ1) is 12.8. The molecule has 7 nitrogen and oxygen atoms in total. The number of sulfonamides is 1. The minimum Gasteiger partial charge on any atom is -0.508 e. The molecule has 2 aromatic carbocycles. The van der Waals surface area contributed by atoms with E-state index in [0.717, 1.165) is 17.8 Å². The standard InChI is InChI=1S/C18H16N2O5S2/c1-2-20-17(23)16(10-12-8-9-13(21)11-15(12)22)26-18(20)19-27(24,25)14-6-4-3-5-7-14/h3-11,21-22H,2H2,1H3/b16-10-,19-18+. The van der Waals surface area contributed by atoms with Gasteiger partial charge in [0.05, 0.1) is 9.80 Å². The number of amidine groups is 1. The Bertz CT molecular complexity index is 1050. The van der Waals surface area contributed by atoms with E-state index in [1.54, 1.807) is 25.1 Å². The van der Waals surface area contributed by atoms with Crippen molar-refractivity contribution >= 4 is 38.9 Å². The van der Waals surface area contributed by atoms with Crippen LogP contribution >= 0.6 is 11.8 Å². The molecule has 0 atom stereocenters. The van der Waals surface area contributed by atoms with Gasteiger partial charge in [-0.1, -0.05) is 18.2 Å². The number of hydrogen-bond acceptors (Lipinski definition) is 6. The van der Waals surface area contributed by atoms with E-state index in [1.165, 1.54) is 35.2 Å². The van der Waals surface area contributed by atoms with Crippen LogP contribution in [0.4, 0.5) is 0 Å². The molecule has 0 bridgehead atoms. The molecule has 27 heavy (non-hydrogen) atoms. The minimum atomic E-state index is -3.96. The number of likely N-dealkylation sites (N-methyl/N-ethyl adjacent to an activating group) is 1. The zero-order chi connectivity index (χ0) is 19.6. The summed E-state index contributed by atoms with van der Waals surface area (Å²) in [5.74, 6) is -0.704. The zero-order valence-corrected chi connectivity index (χ0v) is 15.9. The summed E-state index contributed by atoms with van der Waals surface area (Å²) in [4.78, 5) is 14.1. The average Bonchev–Trinajstić information content (AvgIpc) is 2.92. The average molecular weight is 404 g/mol. The fourth-order valence-electron chi connectivity index (χ4n) is 2.40. The number of carbonyl (C=O) groups is 1. The lowest BCUT2D eigenvalue weighted by molar-refractivity contribution is -0.122. The summed E-state index contributed by atoms with van der Waals surface area (Å²) in [6.07, 6.45) is 1.43. The van der Waals surface area contributed by atoms with Crippen molar-refractivity contribution < 1.29 is 23.4 Å². The monoisotopic (exact) mass is 404 g/mol. The van der Waals surface area contributed by atoms with Gasteiger partial charge in [0, 0.05) is 18.2 Å². The van der Waals surface area contributed by atoms with Gasteiger partial charge < -0.3 is 10.2 Å². The summed E-state index contributed by atoms with van der Waals surface area (Å²) < 4.78 is 28.8. The molecule has 0 radical (unpaired) electrons. The highest BCUT2D eigenvalue weighted by atomic mass is 32.2. The first-order valence-corrected chi connectivity index (χ1v) is 10.2. The number of benzene rings is 2. The normalized spacial score (nSPS) is 17.8. The summed E-state index contributed by atoms with van der Waals surface area (Å²) in [6.45, 7) is 1.96. The first-order valence-electron chi connectivity index (χ1n) is 7.95. The molecule has 0 saturated carbocycles. The molecule has 1 aliphatic heterocycles. The number of carbonyl (C=O) groups excluding carboxylic acids is 1. The largest absolute Gasteiger partial charge is 0.508 e. The van der Waals surface area contributed by atoms with E-state index >= 15 is 0 Å². The minimum absolute atomic E-state index is 0.0372. The van der Waals surface area contributed by atoms with E-state index in [9.17, 15) is 23.4 Å². The second-order valence-electron chi connectivity index (χ2n) is 5.57. The Morgan fingerprint density at radius 1 is 1.15 bits per heavy atom. The van der Waals surface area contributed by atoms with E-state index in [0.29, 0.717) is 5.56 Å². The zero-order valence-electron chi connectivity index (χ0n) is 14.2. The van der Waals surface area contributed by atoms with E-state index in [-0.39, 0.29) is 33.0 Å². The van der Waals surface area contributed by atoms with Crippen molar-refractivity contribution in [1.82, 2.24) is 4.90 Å². The van der Waals surface area contributed by atoms with Crippen molar-refractivity contribution in [3.05, 3.63) is 59.0 Å². The Hall–Kier alpha value is -2.78. The molecule has 0 spiro atoms. The molecule has 1 fully saturated rings. The molecule has 1 amide bonds. The molecule has 0 unspecified atom stereocenters. The second-order valence-corrected chi connectivity index (χ2v) is 8.18. The molecule has 0 aliphatic carbocycles. The van der Waals surface area contributed by atoms with E-state index in [4.69, 9.17) is 0 Å². The van der Waals surface area contributed by atoms with Gasteiger partial charge in [0.25, 0.3) is 15.9 Å². The predicted octanol–water partition coefficient (Wildman–Crippen LogP) is 2.78. The van der Waals surface area contributed by atoms with Gasteiger partial charge in [-0.05, 0) is 49.0 Å². The van der Waals surface area contributed by atoms with E-state index in [1.807, 2.05) is 0 Å². The lowest BCUT2D eigenvalue weighted by atomic mass is 10.1. The van der Waals surface area contributed by atoms with Gasteiger partial charge >= 0.3 is 0 Å². The quantitative estimate of drug-likeness (QED) is 0.759. The van der Waals surface area contributed by atoms with Crippen LogP contribution in [0.5, 0.6) is 11.5 Å². The molecule has 0 aromatic heterocycles. The molecule has 2 aromatic rings. The number of nitrogens with zero attached hydrogens (tertiary/aromatic N) is 2. The Labute approximate surface area is 160 Å². The molecule has 2 N–H and O–H groups in total. The van der Waals surface area contributed by atoms with Crippen LogP contribution in [-0.2, 0) is 14.8 Å². The van der Waals surface area contributed by atoms with Crippen LogP contribution in [0.2, 0.25) is 0 Å². The van der Waals surface area contributed by atoms with Crippen molar-refractivity contribution in [1.29, 1.82) is 0 Å². The van der Waals surface area contributed by atoms with Crippen LogP contribution in [0.3, 0.4) is 0 Å². The third-order valence-electron chi connectivity index (χ3n) is 3.74. The van der Waals surface area contributed by atoms with Crippen molar-refractivity contribution in [3.63, 3.8) is 0 Å². The number of aromatic hydroxyl groups is 2. The maximum absolute atomic E-state index is 12.6. The topological polar surface area (TPSA) is 107 Å². The number of phenolic OH excluding ortho intramolecular Hbond substituents is 2. The highest BCUT2D eigenvalue weighted by Crippen LogP contribution is 2.35. The Morgan fingerprint density at radius 3 is 2.48 bits per heavy atom. The summed E-state index contributed by atoms with van der Waals surface area (Å²) >= 11 is 0.915. The smallest absolute Gasteiger partial charge is 0.284 e. The molecule has 1 heterocycles. The Morgan fingerprint density at radius 2 is 1.85 bits per heavy atom. The van der Waals surface area contributed by atoms with E-state index in [2.05, 4.69) is 4.40 Å². The predicted molar refractivity (Wildman–Crippen MR) is 104 cm³/mol. The van der Waals surface area contributed by atoms with Crippen LogP contribution in [0.25, 0.3) is 6.08 Å². The first kappa shape index (κ1) is 19.0. The van der Waals surface area contributed by atoms with Crippen molar-refractivity contribution in [2.45, 2.75) is 11.8 Å². The molecule has 140 valence electrons. The third kappa shape index (κ3) is 3.99. The van der Waals surface area contributed by atoms with Gasteiger partial charge in [-0.25, -0.2) is 0 Å². The Balaban J connectivity index is 1.99. The van der Waals surface area contributed by atoms with Crippen LogP contribution in [0, 0.1) is 0 Å². The van der Waals surface area contributed by atoms with Gasteiger partial charge in [0.1, 0.15) is 11.5 Å². The van der Waals surface area contributed by atoms with Crippen LogP contribution in [-0.4, -0.2) is 41.2 Å². The lowest BCUT2D eigenvalue weighted by Crippen LogP contribution is -2.29. The number of thioether (sulfide) groups is 1. The van der Waals surface area contributed by atoms with Crippen LogP contribution < -0.4 is 0 Å². The van der Waals surface area contributed by atoms with E-state index < -0.39 is 15.9 Å². The number of phenols is 2. The third-order valence-corrected chi connectivity index (χ3v) is 6.15. The molecular formula is C18H16N2O5S2. The summed E-state index contributed by atoms with van der Waals surface area (Å²) in [6, 6.07) is 11.7. The summed E-state index contributed by atoms with van der Waals surface area (Å²) in [5.41, 5.74) is 0.326. The summed E-state index contributed by atoms with van der Waals surface area (Å²) in [7, 11) is -3.96. The van der Waals surface area contributed by atoms with Crippen LogP contribution in [0.15, 0.2) is 62.7 Å². The molecular weight excluding hydrogens is 388 g/mol. The van der Waals surface area contributed by atoms with Gasteiger partial charge in [0.2, 0.25) is 0 Å². The van der Waals surface area contributed by atoms with Gasteiger partial charge in [-0.3, -0.25) is 9.69 Å². The molecule has 1 aliphatic rings. The summed E-state index contributed by atoms with van der Waals surface area (Å²) in [5, 5.41) is 19.3. The van der Waals surface area contributed by atoms with Crippen molar-refractivity contribution in [2.24, 2.45) is 4.40 Å². The fraction of sp³-hybridized carbons (Fsp3) is 0.111. The molecule has 3 rings (SSSR count). The Kier molecular flexibility index (Phi) is 5.24. The highest BCUT2D eigenvalue weighted by Gasteiger charge is 2.34. The van der Waals surface area contributed by atoms with Gasteiger partial charge in [-0.2, -0.15) is 8.42 Å². The number of amides is 1. The van der Waals surface area contributed by atoms with Gasteiger partial charge in [-0.15, -0.1) is 4.40 Å². The van der Waals surface area contributed by atoms with Gasteiger partial charge in [0.15, 0.2) is 5.17 Å². The maximum Gasteiger partial charge on any atom is 0.284 e. The second kappa shape index (κ2) is 7.45.